The van der Waals surface area contributed by atoms with Gasteiger partial charge in [-0.3, -0.25) is 9.59 Å². The molecule has 1 heterocycles. The van der Waals surface area contributed by atoms with E-state index in [0.717, 1.165) is 0 Å². The van der Waals surface area contributed by atoms with E-state index < -0.39 is 24.7 Å². The zero-order valence-corrected chi connectivity index (χ0v) is 14.2. The zero-order valence-electron chi connectivity index (χ0n) is 13.4. The molecule has 1 unspecified atom stereocenters. The fourth-order valence-electron chi connectivity index (χ4n) is 2.13. The normalized spacial score (nSPS) is 17.4. The van der Waals surface area contributed by atoms with Crippen molar-refractivity contribution in [2.75, 3.05) is 31.6 Å². The Morgan fingerprint density at radius 1 is 1.36 bits per heavy atom. The number of amides is 2. The minimum atomic E-state index is -4.48. The van der Waals surface area contributed by atoms with Crippen molar-refractivity contribution in [2.24, 2.45) is 0 Å². The second-order valence-electron chi connectivity index (χ2n) is 5.40. The third-order valence-corrected chi connectivity index (χ3v) is 3.45. The SMILES string of the molecule is Cc1ccc(C(=O)NCC(F)(F)F)cc1NC(=O)C1COCCN1.Cl. The molecule has 1 aromatic rings. The Kier molecular flexibility index (Phi) is 7.65. The van der Waals surface area contributed by atoms with Crippen LogP contribution >= 0.6 is 12.4 Å². The first-order chi connectivity index (χ1) is 11.3. The Morgan fingerprint density at radius 2 is 2.08 bits per heavy atom. The summed E-state index contributed by atoms with van der Waals surface area (Å²) < 4.78 is 41.7. The zero-order chi connectivity index (χ0) is 17.7. The Hall–Kier alpha value is -1.84. The number of ether oxygens (including phenoxy) is 1. The molecule has 1 fully saturated rings. The molecule has 1 aliphatic heterocycles. The number of aryl methyl sites for hydroxylation is 1. The minimum absolute atomic E-state index is 0. The highest BCUT2D eigenvalue weighted by Gasteiger charge is 2.28. The Morgan fingerprint density at radius 3 is 2.68 bits per heavy atom. The van der Waals surface area contributed by atoms with Crippen LogP contribution in [0.2, 0.25) is 0 Å². The summed E-state index contributed by atoms with van der Waals surface area (Å²) >= 11 is 0. The van der Waals surface area contributed by atoms with Crippen LogP contribution in [-0.4, -0.2) is 50.3 Å². The molecule has 0 spiro atoms. The Balaban J connectivity index is 0.00000312. The van der Waals surface area contributed by atoms with Crippen molar-refractivity contribution >= 4 is 29.9 Å². The minimum Gasteiger partial charge on any atom is -0.378 e. The number of carbonyl (C=O) groups is 2. The molecule has 3 N–H and O–H groups in total. The van der Waals surface area contributed by atoms with Crippen LogP contribution in [-0.2, 0) is 9.53 Å². The molecule has 0 radical (unpaired) electrons. The van der Waals surface area contributed by atoms with E-state index in [9.17, 15) is 22.8 Å². The topological polar surface area (TPSA) is 79.5 Å². The number of hydrogen-bond donors (Lipinski definition) is 3. The van der Waals surface area contributed by atoms with Gasteiger partial charge in [-0.1, -0.05) is 6.07 Å². The molecule has 0 saturated carbocycles. The smallest absolute Gasteiger partial charge is 0.378 e. The molecule has 1 saturated heterocycles. The second-order valence-corrected chi connectivity index (χ2v) is 5.40. The van der Waals surface area contributed by atoms with Gasteiger partial charge in [0.2, 0.25) is 5.91 Å². The van der Waals surface area contributed by atoms with E-state index in [0.29, 0.717) is 24.4 Å². The number of rotatable bonds is 4. The molecule has 0 aliphatic carbocycles. The molecule has 1 aliphatic rings. The van der Waals surface area contributed by atoms with Crippen molar-refractivity contribution < 1.29 is 27.5 Å². The van der Waals surface area contributed by atoms with Crippen molar-refractivity contribution in [3.8, 4) is 0 Å². The van der Waals surface area contributed by atoms with Gasteiger partial charge in [-0.2, -0.15) is 13.2 Å². The molecule has 0 aromatic heterocycles. The lowest BCUT2D eigenvalue weighted by Crippen LogP contribution is -2.48. The standard InChI is InChI=1S/C15H18F3N3O3.ClH/c1-9-2-3-10(13(22)20-8-15(16,17)18)6-11(9)21-14(23)12-7-24-5-4-19-12;/h2-3,6,12,19H,4-5,7-8H2,1H3,(H,20,22)(H,21,23);1H. The molecule has 0 bridgehead atoms. The highest BCUT2D eigenvalue weighted by atomic mass is 35.5. The molecule has 2 rings (SSSR count). The fourth-order valence-corrected chi connectivity index (χ4v) is 2.13. The van der Waals surface area contributed by atoms with Crippen molar-refractivity contribution in [1.29, 1.82) is 0 Å². The average Bonchev–Trinajstić information content (AvgIpc) is 2.54. The summed E-state index contributed by atoms with van der Waals surface area (Å²) in [6.07, 6.45) is -4.48. The summed E-state index contributed by atoms with van der Waals surface area (Å²) in [6.45, 7) is 1.62. The lowest BCUT2D eigenvalue weighted by molar-refractivity contribution is -0.123. The summed E-state index contributed by atoms with van der Waals surface area (Å²) in [7, 11) is 0. The highest BCUT2D eigenvalue weighted by Crippen LogP contribution is 2.18. The number of anilines is 1. The van der Waals surface area contributed by atoms with E-state index in [2.05, 4.69) is 10.6 Å². The molecule has 6 nitrogen and oxygen atoms in total. The molecule has 1 aromatic carbocycles. The van der Waals surface area contributed by atoms with Crippen LogP contribution in [0.1, 0.15) is 15.9 Å². The highest BCUT2D eigenvalue weighted by molar-refractivity contribution is 5.99. The predicted molar refractivity (Wildman–Crippen MR) is 88.1 cm³/mol. The Labute approximate surface area is 148 Å². The van der Waals surface area contributed by atoms with Gasteiger partial charge in [-0.15, -0.1) is 12.4 Å². The van der Waals surface area contributed by atoms with Crippen LogP contribution < -0.4 is 16.0 Å². The first-order valence-electron chi connectivity index (χ1n) is 7.34. The van der Waals surface area contributed by atoms with Crippen molar-refractivity contribution in [1.82, 2.24) is 10.6 Å². The predicted octanol–water partition coefficient (Wildman–Crippen LogP) is 1.64. The van der Waals surface area contributed by atoms with Crippen molar-refractivity contribution in [3.63, 3.8) is 0 Å². The first-order valence-corrected chi connectivity index (χ1v) is 7.34. The maximum Gasteiger partial charge on any atom is 0.405 e. The summed E-state index contributed by atoms with van der Waals surface area (Å²) in [6, 6.07) is 3.80. The van der Waals surface area contributed by atoms with Gasteiger partial charge in [0, 0.05) is 17.8 Å². The molecule has 140 valence electrons. The Bertz CT molecular complexity index is 620. The van der Waals surface area contributed by atoms with Crippen LogP contribution in [0.3, 0.4) is 0 Å². The quantitative estimate of drug-likeness (QED) is 0.740. The summed E-state index contributed by atoms with van der Waals surface area (Å²) in [5.74, 6) is -1.19. The van der Waals surface area contributed by atoms with E-state index in [1.54, 1.807) is 18.3 Å². The van der Waals surface area contributed by atoms with Gasteiger partial charge >= 0.3 is 6.18 Å². The number of benzene rings is 1. The average molecular weight is 382 g/mol. The van der Waals surface area contributed by atoms with E-state index in [4.69, 9.17) is 4.74 Å². The lowest BCUT2D eigenvalue weighted by atomic mass is 10.1. The number of morpholine rings is 1. The van der Waals surface area contributed by atoms with Crippen LogP contribution in [0.5, 0.6) is 0 Å². The molecular weight excluding hydrogens is 363 g/mol. The van der Waals surface area contributed by atoms with E-state index >= 15 is 0 Å². The van der Waals surface area contributed by atoms with Crippen LogP contribution in [0.15, 0.2) is 18.2 Å². The van der Waals surface area contributed by atoms with Crippen molar-refractivity contribution in [2.45, 2.75) is 19.1 Å². The molecule has 1 atom stereocenters. The molecule has 10 heteroatoms. The molecular formula is C15H19ClF3N3O3. The maximum absolute atomic E-state index is 12.2. The van der Waals surface area contributed by atoms with Crippen molar-refractivity contribution in [3.05, 3.63) is 29.3 Å². The van der Waals surface area contributed by atoms with Crippen LogP contribution in [0, 0.1) is 6.92 Å². The maximum atomic E-state index is 12.2. The monoisotopic (exact) mass is 381 g/mol. The first kappa shape index (κ1) is 21.2. The number of carbonyl (C=O) groups excluding carboxylic acids is 2. The van der Waals surface area contributed by atoms with Gasteiger partial charge in [0.1, 0.15) is 12.6 Å². The largest absolute Gasteiger partial charge is 0.405 e. The van der Waals surface area contributed by atoms with Gasteiger partial charge in [-0.05, 0) is 24.6 Å². The second kappa shape index (κ2) is 9.02. The van der Waals surface area contributed by atoms with E-state index in [-0.39, 0.29) is 30.5 Å². The van der Waals surface area contributed by atoms with Gasteiger partial charge in [0.15, 0.2) is 0 Å². The van der Waals surface area contributed by atoms with E-state index in [1.165, 1.54) is 12.1 Å². The number of alkyl halides is 3. The molecule has 2 amide bonds. The third-order valence-electron chi connectivity index (χ3n) is 3.45. The number of nitrogens with one attached hydrogen (secondary N) is 3. The van der Waals surface area contributed by atoms with Gasteiger partial charge < -0.3 is 20.7 Å². The van der Waals surface area contributed by atoms with Crippen LogP contribution in [0.25, 0.3) is 0 Å². The van der Waals surface area contributed by atoms with Crippen LogP contribution in [0.4, 0.5) is 18.9 Å². The fraction of sp³-hybridized carbons (Fsp3) is 0.467. The summed E-state index contributed by atoms with van der Waals surface area (Å²) in [5, 5.41) is 7.45. The number of halogens is 4. The third kappa shape index (κ3) is 6.52. The lowest BCUT2D eigenvalue weighted by Gasteiger charge is -2.23. The van der Waals surface area contributed by atoms with E-state index in [1.807, 2.05) is 0 Å². The van der Waals surface area contributed by atoms with Gasteiger partial charge in [0.25, 0.3) is 5.91 Å². The number of hydrogen-bond acceptors (Lipinski definition) is 4. The summed E-state index contributed by atoms with van der Waals surface area (Å²) in [4.78, 5) is 23.9. The molecule has 25 heavy (non-hydrogen) atoms. The van der Waals surface area contributed by atoms with Gasteiger partial charge in [0.05, 0.1) is 13.2 Å². The summed E-state index contributed by atoms with van der Waals surface area (Å²) in [5.41, 5.74) is 1.09. The van der Waals surface area contributed by atoms with Gasteiger partial charge in [-0.25, -0.2) is 0 Å².